The Kier molecular flexibility index (Phi) is 4.61. The van der Waals surface area contributed by atoms with Gasteiger partial charge in [0.15, 0.2) is 0 Å². The SMILES string of the molecule is Cc1ccc(C(=O)N2CCN(Cc3nc4ccccc4s3)CC2)c(O)c1. The lowest BCUT2D eigenvalue weighted by Crippen LogP contribution is -2.48. The number of benzene rings is 2. The molecule has 0 bridgehead atoms. The summed E-state index contributed by atoms with van der Waals surface area (Å²) in [6.07, 6.45) is 0. The van der Waals surface area contributed by atoms with Crippen LogP contribution in [0.3, 0.4) is 0 Å². The molecule has 4 rings (SSSR count). The number of rotatable bonds is 3. The summed E-state index contributed by atoms with van der Waals surface area (Å²) in [4.78, 5) is 21.5. The molecule has 0 unspecified atom stereocenters. The number of fused-ring (bicyclic) bond motifs is 1. The second-order valence-electron chi connectivity index (χ2n) is 6.66. The summed E-state index contributed by atoms with van der Waals surface area (Å²) in [5.74, 6) is -0.0333. The third-order valence-corrected chi connectivity index (χ3v) is 5.76. The van der Waals surface area contributed by atoms with Gasteiger partial charge in [0.25, 0.3) is 5.91 Å². The molecule has 1 aliphatic heterocycles. The monoisotopic (exact) mass is 367 g/mol. The van der Waals surface area contributed by atoms with Crippen LogP contribution in [0.2, 0.25) is 0 Å². The second-order valence-corrected chi connectivity index (χ2v) is 7.78. The van der Waals surface area contributed by atoms with Crippen LogP contribution >= 0.6 is 11.3 Å². The van der Waals surface area contributed by atoms with Crippen molar-refractivity contribution in [3.8, 4) is 5.75 Å². The molecule has 134 valence electrons. The van der Waals surface area contributed by atoms with E-state index in [9.17, 15) is 9.90 Å². The van der Waals surface area contributed by atoms with Gasteiger partial charge in [0.05, 0.1) is 22.3 Å². The molecule has 0 atom stereocenters. The molecular formula is C20H21N3O2S. The van der Waals surface area contributed by atoms with Gasteiger partial charge in [0.1, 0.15) is 10.8 Å². The van der Waals surface area contributed by atoms with Crippen molar-refractivity contribution in [3.05, 3.63) is 58.6 Å². The molecule has 5 nitrogen and oxygen atoms in total. The summed E-state index contributed by atoms with van der Waals surface area (Å²) in [6.45, 7) is 5.67. The summed E-state index contributed by atoms with van der Waals surface area (Å²) in [5, 5.41) is 11.2. The van der Waals surface area contributed by atoms with Crippen LogP contribution in [-0.4, -0.2) is 52.0 Å². The zero-order chi connectivity index (χ0) is 18.1. The Balaban J connectivity index is 1.38. The van der Waals surface area contributed by atoms with E-state index in [1.807, 2.05) is 36.1 Å². The number of para-hydroxylation sites is 1. The molecule has 6 heteroatoms. The number of aromatic hydroxyl groups is 1. The predicted octanol–water partition coefficient (Wildman–Crippen LogP) is 3.27. The maximum Gasteiger partial charge on any atom is 0.257 e. The standard InChI is InChI=1S/C20H21N3O2S/c1-14-6-7-15(17(24)12-14)20(25)23-10-8-22(9-11-23)13-19-21-16-4-2-3-5-18(16)26-19/h2-7,12,24H,8-11,13H2,1H3. The van der Waals surface area contributed by atoms with Crippen LogP contribution < -0.4 is 0 Å². The van der Waals surface area contributed by atoms with Gasteiger partial charge < -0.3 is 10.0 Å². The molecule has 1 aliphatic rings. The summed E-state index contributed by atoms with van der Waals surface area (Å²) >= 11 is 1.73. The largest absolute Gasteiger partial charge is 0.507 e. The molecule has 1 fully saturated rings. The van der Waals surface area contributed by atoms with E-state index in [1.165, 1.54) is 4.70 Å². The Morgan fingerprint density at radius 1 is 1.15 bits per heavy atom. The van der Waals surface area contributed by atoms with Crippen molar-refractivity contribution >= 4 is 27.5 Å². The van der Waals surface area contributed by atoms with Gasteiger partial charge in [0.2, 0.25) is 0 Å². The zero-order valence-electron chi connectivity index (χ0n) is 14.7. The van der Waals surface area contributed by atoms with Gasteiger partial charge in [-0.2, -0.15) is 0 Å². The van der Waals surface area contributed by atoms with Gasteiger partial charge >= 0.3 is 0 Å². The van der Waals surface area contributed by atoms with E-state index in [0.29, 0.717) is 18.7 Å². The number of phenols is 1. The van der Waals surface area contributed by atoms with Crippen molar-refractivity contribution in [1.82, 2.24) is 14.8 Å². The van der Waals surface area contributed by atoms with Crippen LogP contribution in [0.1, 0.15) is 20.9 Å². The van der Waals surface area contributed by atoms with Crippen LogP contribution in [0.5, 0.6) is 5.75 Å². The molecule has 1 saturated heterocycles. The first kappa shape index (κ1) is 17.0. The molecule has 0 saturated carbocycles. The van der Waals surface area contributed by atoms with Gasteiger partial charge in [-0.05, 0) is 36.8 Å². The number of hydrogen-bond donors (Lipinski definition) is 1. The fraction of sp³-hybridized carbons (Fsp3) is 0.300. The highest BCUT2D eigenvalue weighted by Gasteiger charge is 2.24. The van der Waals surface area contributed by atoms with Crippen molar-refractivity contribution in [2.24, 2.45) is 0 Å². The van der Waals surface area contributed by atoms with Crippen molar-refractivity contribution < 1.29 is 9.90 Å². The van der Waals surface area contributed by atoms with Crippen molar-refractivity contribution in [2.75, 3.05) is 26.2 Å². The lowest BCUT2D eigenvalue weighted by Gasteiger charge is -2.34. The number of carbonyl (C=O) groups excluding carboxylic acids is 1. The molecule has 1 amide bonds. The molecular weight excluding hydrogens is 346 g/mol. The molecule has 26 heavy (non-hydrogen) atoms. The van der Waals surface area contributed by atoms with E-state index in [-0.39, 0.29) is 11.7 Å². The summed E-state index contributed by atoms with van der Waals surface area (Å²) < 4.78 is 1.21. The van der Waals surface area contributed by atoms with E-state index in [2.05, 4.69) is 11.0 Å². The molecule has 2 heterocycles. The lowest BCUT2D eigenvalue weighted by atomic mass is 10.1. The second kappa shape index (κ2) is 7.05. The van der Waals surface area contributed by atoms with Gasteiger partial charge in [-0.15, -0.1) is 11.3 Å². The number of amides is 1. The highest BCUT2D eigenvalue weighted by atomic mass is 32.1. The molecule has 1 aromatic heterocycles. The van der Waals surface area contributed by atoms with Gasteiger partial charge in [-0.25, -0.2) is 4.98 Å². The Bertz CT molecular complexity index is 912. The minimum atomic E-state index is -0.0952. The topological polar surface area (TPSA) is 56.7 Å². The van der Waals surface area contributed by atoms with Gasteiger partial charge in [-0.3, -0.25) is 9.69 Å². The van der Waals surface area contributed by atoms with Gasteiger partial charge in [-0.1, -0.05) is 18.2 Å². The fourth-order valence-corrected chi connectivity index (χ4v) is 4.29. The molecule has 0 spiro atoms. The molecule has 0 aliphatic carbocycles. The first-order valence-electron chi connectivity index (χ1n) is 8.76. The number of hydrogen-bond acceptors (Lipinski definition) is 5. The number of piperazine rings is 1. The Morgan fingerprint density at radius 3 is 2.65 bits per heavy atom. The van der Waals surface area contributed by atoms with E-state index in [4.69, 9.17) is 4.98 Å². The number of aromatic nitrogens is 1. The van der Waals surface area contributed by atoms with Crippen LogP contribution in [0.4, 0.5) is 0 Å². The van der Waals surface area contributed by atoms with Crippen molar-refractivity contribution in [2.45, 2.75) is 13.5 Å². The number of nitrogens with zero attached hydrogens (tertiary/aromatic N) is 3. The number of thiazole rings is 1. The zero-order valence-corrected chi connectivity index (χ0v) is 15.5. The van der Waals surface area contributed by atoms with E-state index in [1.54, 1.807) is 23.5 Å². The third kappa shape index (κ3) is 3.43. The van der Waals surface area contributed by atoms with E-state index >= 15 is 0 Å². The lowest BCUT2D eigenvalue weighted by molar-refractivity contribution is 0.0625. The van der Waals surface area contributed by atoms with Gasteiger partial charge in [0, 0.05) is 26.2 Å². The molecule has 3 aromatic rings. The molecule has 1 N–H and O–H groups in total. The smallest absolute Gasteiger partial charge is 0.257 e. The van der Waals surface area contributed by atoms with Crippen LogP contribution in [-0.2, 0) is 6.54 Å². The normalized spacial score (nSPS) is 15.5. The molecule has 2 aromatic carbocycles. The molecule has 0 radical (unpaired) electrons. The van der Waals surface area contributed by atoms with Crippen LogP contribution in [0, 0.1) is 6.92 Å². The maximum absolute atomic E-state index is 12.7. The quantitative estimate of drug-likeness (QED) is 0.772. The van der Waals surface area contributed by atoms with Crippen molar-refractivity contribution in [3.63, 3.8) is 0 Å². The van der Waals surface area contributed by atoms with E-state index in [0.717, 1.165) is 35.7 Å². The maximum atomic E-state index is 12.7. The van der Waals surface area contributed by atoms with Crippen LogP contribution in [0.15, 0.2) is 42.5 Å². The average molecular weight is 367 g/mol. The predicted molar refractivity (Wildman–Crippen MR) is 104 cm³/mol. The first-order valence-corrected chi connectivity index (χ1v) is 9.57. The average Bonchev–Trinajstić information content (AvgIpc) is 3.04. The summed E-state index contributed by atoms with van der Waals surface area (Å²) in [7, 11) is 0. The summed E-state index contributed by atoms with van der Waals surface area (Å²) in [6, 6.07) is 13.4. The Morgan fingerprint density at radius 2 is 1.92 bits per heavy atom. The van der Waals surface area contributed by atoms with Crippen molar-refractivity contribution in [1.29, 1.82) is 0 Å². The first-order chi connectivity index (χ1) is 12.6. The minimum Gasteiger partial charge on any atom is -0.507 e. The summed E-state index contributed by atoms with van der Waals surface area (Å²) in [5.41, 5.74) is 2.38. The highest BCUT2D eigenvalue weighted by Crippen LogP contribution is 2.24. The number of aryl methyl sites for hydroxylation is 1. The van der Waals surface area contributed by atoms with Crippen LogP contribution in [0.25, 0.3) is 10.2 Å². The number of carbonyl (C=O) groups is 1. The Hall–Kier alpha value is -2.44. The van der Waals surface area contributed by atoms with E-state index < -0.39 is 0 Å². The third-order valence-electron chi connectivity index (χ3n) is 4.74. The number of phenolic OH excluding ortho intramolecular Hbond substituents is 1. The minimum absolute atomic E-state index is 0.0619. The fourth-order valence-electron chi connectivity index (χ4n) is 3.28. The highest BCUT2D eigenvalue weighted by molar-refractivity contribution is 7.18. The Labute approximate surface area is 156 Å².